The largest absolute Gasteiger partial charge is 0.323 e. The van der Waals surface area contributed by atoms with Gasteiger partial charge in [-0.25, -0.2) is 4.98 Å². The third-order valence-corrected chi connectivity index (χ3v) is 2.16. The first-order chi connectivity index (χ1) is 5.75. The Balaban J connectivity index is 2.88. The molecule has 0 fully saturated rings. The van der Waals surface area contributed by atoms with Crippen molar-refractivity contribution in [2.45, 2.75) is 12.5 Å². The summed E-state index contributed by atoms with van der Waals surface area (Å²) in [5.74, 6) is 0. The number of pyridine rings is 1. The molecule has 0 radical (unpaired) electrons. The zero-order chi connectivity index (χ0) is 8.97. The van der Waals surface area contributed by atoms with E-state index in [1.54, 1.807) is 12.3 Å². The summed E-state index contributed by atoms with van der Waals surface area (Å²) in [6.45, 7) is 0. The number of hydrogen-bond acceptors (Lipinski definition) is 3. The number of halogens is 1. The normalized spacial score (nSPS) is 12.1. The third kappa shape index (κ3) is 2.03. The summed E-state index contributed by atoms with van der Waals surface area (Å²) >= 11 is 3.27. The summed E-state index contributed by atoms with van der Waals surface area (Å²) < 4.78 is 0.716. The highest BCUT2D eigenvalue weighted by Gasteiger charge is 2.08. The minimum Gasteiger partial charge on any atom is -0.323 e. The number of nitrogens with zero attached hydrogens (tertiary/aromatic N) is 2. The van der Waals surface area contributed by atoms with Gasteiger partial charge in [0.1, 0.15) is 4.60 Å². The minimum absolute atomic E-state index is 0.252. The molecule has 1 aromatic rings. The SMILES string of the molecule is N#CC[C@@H](N)c1cccnc1Br. The lowest BCUT2D eigenvalue weighted by Gasteiger charge is -2.08. The Hall–Kier alpha value is -0.920. The molecule has 1 atom stereocenters. The van der Waals surface area contributed by atoms with Crippen LogP contribution in [0.15, 0.2) is 22.9 Å². The molecular formula is C8H8BrN3. The summed E-state index contributed by atoms with van der Waals surface area (Å²) in [4.78, 5) is 4.01. The summed E-state index contributed by atoms with van der Waals surface area (Å²) in [5.41, 5.74) is 6.59. The van der Waals surface area contributed by atoms with E-state index in [9.17, 15) is 0 Å². The van der Waals surface area contributed by atoms with E-state index in [-0.39, 0.29) is 6.04 Å². The molecule has 0 saturated heterocycles. The van der Waals surface area contributed by atoms with Crippen LogP contribution in [0.4, 0.5) is 0 Å². The number of hydrogen-bond donors (Lipinski definition) is 1. The number of nitrogens with two attached hydrogens (primary N) is 1. The van der Waals surface area contributed by atoms with Crippen LogP contribution in [0.1, 0.15) is 18.0 Å². The molecule has 1 aromatic heterocycles. The molecule has 0 spiro atoms. The molecule has 3 nitrogen and oxygen atoms in total. The van der Waals surface area contributed by atoms with E-state index in [4.69, 9.17) is 11.0 Å². The summed E-state index contributed by atoms with van der Waals surface area (Å²) in [7, 11) is 0. The standard InChI is InChI=1S/C8H8BrN3/c9-8-6(2-1-5-12-8)7(11)3-4-10/h1-2,5,7H,3,11H2/t7-/m1/s1. The molecule has 0 unspecified atom stereocenters. The van der Waals surface area contributed by atoms with E-state index in [0.29, 0.717) is 11.0 Å². The molecule has 0 bridgehead atoms. The fourth-order valence-corrected chi connectivity index (χ4v) is 1.43. The van der Waals surface area contributed by atoms with Crippen LogP contribution >= 0.6 is 15.9 Å². The van der Waals surface area contributed by atoms with Gasteiger partial charge in [-0.05, 0) is 22.0 Å². The highest BCUT2D eigenvalue weighted by molar-refractivity contribution is 9.10. The van der Waals surface area contributed by atoms with Crippen LogP contribution in [0.3, 0.4) is 0 Å². The third-order valence-electron chi connectivity index (χ3n) is 1.50. The van der Waals surface area contributed by atoms with Gasteiger partial charge in [-0.1, -0.05) is 6.07 Å². The van der Waals surface area contributed by atoms with Gasteiger partial charge in [0.25, 0.3) is 0 Å². The first-order valence-corrected chi connectivity index (χ1v) is 4.28. The van der Waals surface area contributed by atoms with Gasteiger partial charge >= 0.3 is 0 Å². The first-order valence-electron chi connectivity index (χ1n) is 3.48. The molecule has 0 aliphatic carbocycles. The smallest absolute Gasteiger partial charge is 0.110 e. The lowest BCUT2D eigenvalue weighted by Crippen LogP contribution is -2.10. The quantitative estimate of drug-likeness (QED) is 0.781. The highest BCUT2D eigenvalue weighted by Crippen LogP contribution is 2.20. The number of nitriles is 1. The van der Waals surface area contributed by atoms with Crippen molar-refractivity contribution in [2.24, 2.45) is 5.73 Å². The number of aromatic nitrogens is 1. The van der Waals surface area contributed by atoms with Crippen molar-refractivity contribution in [2.75, 3.05) is 0 Å². The van der Waals surface area contributed by atoms with Crippen LogP contribution in [-0.2, 0) is 0 Å². The molecule has 1 heterocycles. The highest BCUT2D eigenvalue weighted by atomic mass is 79.9. The molecule has 1 rings (SSSR count). The Kier molecular flexibility index (Phi) is 3.20. The Labute approximate surface area is 79.3 Å². The Morgan fingerprint density at radius 2 is 2.50 bits per heavy atom. The second-order valence-electron chi connectivity index (χ2n) is 2.35. The van der Waals surface area contributed by atoms with Crippen LogP contribution < -0.4 is 5.73 Å². The average Bonchev–Trinajstić information content (AvgIpc) is 2.05. The zero-order valence-electron chi connectivity index (χ0n) is 6.37. The van der Waals surface area contributed by atoms with Gasteiger partial charge in [0, 0.05) is 17.8 Å². The molecule has 4 heteroatoms. The fourth-order valence-electron chi connectivity index (χ4n) is 0.883. The molecule has 0 amide bonds. The molecule has 0 aliphatic rings. The number of rotatable bonds is 2. The topological polar surface area (TPSA) is 62.7 Å². The van der Waals surface area contributed by atoms with E-state index in [1.807, 2.05) is 12.1 Å². The Bertz CT molecular complexity index is 305. The van der Waals surface area contributed by atoms with E-state index in [1.165, 1.54) is 0 Å². The van der Waals surface area contributed by atoms with Crippen molar-refractivity contribution in [1.29, 1.82) is 5.26 Å². The molecule has 12 heavy (non-hydrogen) atoms. The van der Waals surface area contributed by atoms with Crippen LogP contribution in [0.5, 0.6) is 0 Å². The predicted octanol–water partition coefficient (Wildman–Crippen LogP) is 1.76. The molecule has 0 aliphatic heterocycles. The monoisotopic (exact) mass is 225 g/mol. The lowest BCUT2D eigenvalue weighted by molar-refractivity contribution is 0.738. The maximum atomic E-state index is 8.42. The van der Waals surface area contributed by atoms with Crippen LogP contribution in [0.25, 0.3) is 0 Å². The van der Waals surface area contributed by atoms with Gasteiger partial charge in [0.05, 0.1) is 12.5 Å². The minimum atomic E-state index is -0.252. The maximum absolute atomic E-state index is 8.42. The fraction of sp³-hybridized carbons (Fsp3) is 0.250. The van der Waals surface area contributed by atoms with E-state index >= 15 is 0 Å². The van der Waals surface area contributed by atoms with Crippen LogP contribution in [0.2, 0.25) is 0 Å². The van der Waals surface area contributed by atoms with Crippen molar-refractivity contribution in [3.63, 3.8) is 0 Å². The molecule has 0 saturated carbocycles. The summed E-state index contributed by atoms with van der Waals surface area (Å²) in [6.07, 6.45) is 1.98. The van der Waals surface area contributed by atoms with E-state index in [0.717, 1.165) is 5.56 Å². The van der Waals surface area contributed by atoms with Crippen molar-refractivity contribution in [3.05, 3.63) is 28.5 Å². The van der Waals surface area contributed by atoms with Crippen molar-refractivity contribution < 1.29 is 0 Å². The van der Waals surface area contributed by atoms with Gasteiger partial charge in [0.2, 0.25) is 0 Å². The van der Waals surface area contributed by atoms with Crippen molar-refractivity contribution in [3.8, 4) is 6.07 Å². The van der Waals surface area contributed by atoms with E-state index < -0.39 is 0 Å². The second kappa shape index (κ2) is 4.19. The van der Waals surface area contributed by atoms with Crippen LogP contribution in [-0.4, -0.2) is 4.98 Å². The van der Waals surface area contributed by atoms with Gasteiger partial charge in [-0.15, -0.1) is 0 Å². The van der Waals surface area contributed by atoms with Crippen LogP contribution in [0, 0.1) is 11.3 Å². The molecule has 0 aromatic carbocycles. The predicted molar refractivity (Wildman–Crippen MR) is 49.1 cm³/mol. The van der Waals surface area contributed by atoms with Gasteiger partial charge in [-0.2, -0.15) is 5.26 Å². The Morgan fingerprint density at radius 1 is 1.75 bits per heavy atom. The molecular weight excluding hydrogens is 218 g/mol. The second-order valence-corrected chi connectivity index (χ2v) is 3.10. The average molecular weight is 226 g/mol. The lowest BCUT2D eigenvalue weighted by atomic mass is 10.1. The van der Waals surface area contributed by atoms with E-state index in [2.05, 4.69) is 20.9 Å². The van der Waals surface area contributed by atoms with Crippen molar-refractivity contribution in [1.82, 2.24) is 4.98 Å². The van der Waals surface area contributed by atoms with Crippen molar-refractivity contribution >= 4 is 15.9 Å². The first kappa shape index (κ1) is 9.17. The summed E-state index contributed by atoms with van der Waals surface area (Å²) in [5, 5.41) is 8.42. The maximum Gasteiger partial charge on any atom is 0.110 e. The molecule has 62 valence electrons. The Morgan fingerprint density at radius 3 is 3.08 bits per heavy atom. The van der Waals surface area contributed by atoms with Gasteiger partial charge < -0.3 is 5.73 Å². The van der Waals surface area contributed by atoms with Gasteiger partial charge in [-0.3, -0.25) is 0 Å². The summed E-state index contributed by atoms with van der Waals surface area (Å²) in [6, 6.07) is 5.43. The van der Waals surface area contributed by atoms with Gasteiger partial charge in [0.15, 0.2) is 0 Å². The zero-order valence-corrected chi connectivity index (χ0v) is 7.95. The molecule has 2 N–H and O–H groups in total.